The van der Waals surface area contributed by atoms with E-state index >= 15 is 0 Å². The van der Waals surface area contributed by atoms with E-state index in [9.17, 15) is 12.8 Å². The van der Waals surface area contributed by atoms with Crippen LogP contribution in [0.1, 0.15) is 39.5 Å². The Hall–Kier alpha value is -1.25. The molecule has 1 saturated heterocycles. The van der Waals surface area contributed by atoms with Gasteiger partial charge in [-0.2, -0.15) is 4.31 Å². The van der Waals surface area contributed by atoms with E-state index in [0.29, 0.717) is 37.2 Å². The van der Waals surface area contributed by atoms with Crippen molar-refractivity contribution in [2.45, 2.75) is 44.4 Å². The number of benzene rings is 1. The summed E-state index contributed by atoms with van der Waals surface area (Å²) in [4.78, 5) is 2.01. The van der Waals surface area contributed by atoms with Crippen molar-refractivity contribution in [2.75, 3.05) is 32.7 Å². The molecule has 0 saturated carbocycles. The smallest absolute Gasteiger partial charge is 0.243 e. The maximum Gasteiger partial charge on any atom is 0.243 e. The average molecular weight is 416 g/mol. The first kappa shape index (κ1) is 22.0. The summed E-state index contributed by atoms with van der Waals surface area (Å²) in [6.45, 7) is 7.00. The molecule has 5 nitrogen and oxygen atoms in total. The quantitative estimate of drug-likeness (QED) is 0.661. The van der Waals surface area contributed by atoms with Gasteiger partial charge in [0.1, 0.15) is 5.82 Å². The lowest BCUT2D eigenvalue weighted by Gasteiger charge is -2.35. The molecule has 1 aliphatic rings. The zero-order valence-electron chi connectivity index (χ0n) is 16.2. The molecule has 1 aromatic carbocycles. The first-order chi connectivity index (χ1) is 12.9. The highest BCUT2D eigenvalue weighted by atomic mass is 32.2. The predicted octanol–water partition coefficient (Wildman–Crippen LogP) is 3.22. The summed E-state index contributed by atoms with van der Waals surface area (Å²) in [6.07, 6.45) is 4.74. The van der Waals surface area contributed by atoms with Gasteiger partial charge < -0.3 is 10.2 Å². The van der Waals surface area contributed by atoms with Gasteiger partial charge in [0.05, 0.1) is 4.90 Å². The first-order valence-corrected chi connectivity index (χ1v) is 11.5. The topological polar surface area (TPSA) is 52.6 Å². The second-order valence-corrected chi connectivity index (χ2v) is 9.28. The summed E-state index contributed by atoms with van der Waals surface area (Å²) < 4.78 is 40.1. The maximum absolute atomic E-state index is 13.4. The molecule has 0 unspecified atom stereocenters. The van der Waals surface area contributed by atoms with Crippen LogP contribution in [0.3, 0.4) is 0 Å². The summed E-state index contributed by atoms with van der Waals surface area (Å²) >= 11 is 5.49. The Morgan fingerprint density at radius 1 is 1.26 bits per heavy atom. The van der Waals surface area contributed by atoms with Gasteiger partial charge in [0.25, 0.3) is 0 Å². The first-order valence-electron chi connectivity index (χ1n) is 9.67. The molecule has 0 amide bonds. The Morgan fingerprint density at radius 2 is 1.96 bits per heavy atom. The van der Waals surface area contributed by atoms with Crippen LogP contribution in [0, 0.1) is 11.7 Å². The third-order valence-corrected chi connectivity index (χ3v) is 7.34. The van der Waals surface area contributed by atoms with Gasteiger partial charge in [0.2, 0.25) is 10.0 Å². The Morgan fingerprint density at radius 3 is 2.56 bits per heavy atom. The van der Waals surface area contributed by atoms with Gasteiger partial charge in [-0.05, 0) is 42.8 Å². The standard InChI is InChI=1S/C19H30FN3O2S2/c1-3-5-7-16(4-2)15-21-19(26)22-10-12-23(13-11-22)27(24,25)18-9-6-8-17(20)14-18/h6,8-9,14,16H,3-5,7,10-13,15H2,1-2H3,(H,21,26)/t16-/m1/s1. The minimum absolute atomic E-state index is 0.00152. The molecule has 152 valence electrons. The molecule has 1 heterocycles. The summed E-state index contributed by atoms with van der Waals surface area (Å²) in [5.74, 6) is 0.0613. The van der Waals surface area contributed by atoms with Gasteiger partial charge in [-0.3, -0.25) is 0 Å². The molecule has 1 fully saturated rings. The van der Waals surface area contributed by atoms with Crippen molar-refractivity contribution in [1.29, 1.82) is 0 Å². The van der Waals surface area contributed by atoms with Crippen molar-refractivity contribution < 1.29 is 12.8 Å². The number of piperazine rings is 1. The van der Waals surface area contributed by atoms with E-state index in [-0.39, 0.29) is 4.90 Å². The number of thiocarbonyl (C=S) groups is 1. The van der Waals surface area contributed by atoms with E-state index in [1.54, 1.807) is 0 Å². The number of hydrogen-bond acceptors (Lipinski definition) is 3. The monoisotopic (exact) mass is 415 g/mol. The SMILES string of the molecule is CCCC[C@@H](CC)CNC(=S)N1CCN(S(=O)(=O)c2cccc(F)c2)CC1. The number of unbranched alkanes of at least 4 members (excludes halogenated alkanes) is 1. The van der Waals surface area contributed by atoms with Crippen molar-refractivity contribution >= 4 is 27.4 Å². The molecule has 0 aromatic heterocycles. The zero-order valence-corrected chi connectivity index (χ0v) is 17.8. The summed E-state index contributed by atoms with van der Waals surface area (Å²) in [5, 5.41) is 4.03. The van der Waals surface area contributed by atoms with E-state index in [0.717, 1.165) is 19.0 Å². The second kappa shape index (κ2) is 10.3. The van der Waals surface area contributed by atoms with Crippen molar-refractivity contribution in [3.8, 4) is 0 Å². The minimum Gasteiger partial charge on any atom is -0.362 e. The van der Waals surface area contributed by atoms with E-state index in [4.69, 9.17) is 12.2 Å². The summed E-state index contributed by atoms with van der Waals surface area (Å²) in [6, 6.07) is 5.15. The lowest BCUT2D eigenvalue weighted by Crippen LogP contribution is -2.53. The predicted molar refractivity (Wildman–Crippen MR) is 111 cm³/mol. The molecule has 2 rings (SSSR count). The lowest BCUT2D eigenvalue weighted by atomic mass is 9.99. The largest absolute Gasteiger partial charge is 0.362 e. The van der Waals surface area contributed by atoms with Crippen LogP contribution in [-0.4, -0.2) is 55.5 Å². The number of hydrogen-bond donors (Lipinski definition) is 1. The third kappa shape index (κ3) is 6.12. The van der Waals surface area contributed by atoms with Crippen molar-refractivity contribution in [3.63, 3.8) is 0 Å². The molecule has 0 bridgehead atoms. The number of rotatable bonds is 8. The van der Waals surface area contributed by atoms with Gasteiger partial charge in [-0.15, -0.1) is 0 Å². The van der Waals surface area contributed by atoms with Crippen molar-refractivity contribution in [2.24, 2.45) is 5.92 Å². The minimum atomic E-state index is -3.67. The molecule has 0 aliphatic carbocycles. The molecular weight excluding hydrogens is 385 g/mol. The Kier molecular flexibility index (Phi) is 8.44. The van der Waals surface area contributed by atoms with Crippen LogP contribution in [0.2, 0.25) is 0 Å². The zero-order chi connectivity index (χ0) is 19.9. The van der Waals surface area contributed by atoms with Gasteiger partial charge in [-0.1, -0.05) is 39.2 Å². The van der Waals surface area contributed by atoms with Gasteiger partial charge in [0, 0.05) is 32.7 Å². The number of nitrogens with zero attached hydrogens (tertiary/aromatic N) is 2. The Labute approximate surface area is 168 Å². The third-order valence-electron chi connectivity index (χ3n) is 5.04. The molecule has 8 heteroatoms. The molecule has 1 atom stereocenters. The number of sulfonamides is 1. The fraction of sp³-hybridized carbons (Fsp3) is 0.632. The lowest BCUT2D eigenvalue weighted by molar-refractivity contribution is 0.262. The van der Waals surface area contributed by atoms with Crippen LogP contribution in [0.15, 0.2) is 29.2 Å². The molecule has 0 spiro atoms. The molecular formula is C19H30FN3O2S2. The van der Waals surface area contributed by atoms with Crippen LogP contribution in [0.4, 0.5) is 4.39 Å². The fourth-order valence-electron chi connectivity index (χ4n) is 3.19. The fourth-order valence-corrected chi connectivity index (χ4v) is 4.91. The van der Waals surface area contributed by atoms with E-state index in [1.165, 1.54) is 41.8 Å². The molecule has 0 radical (unpaired) electrons. The van der Waals surface area contributed by atoms with Gasteiger partial charge >= 0.3 is 0 Å². The number of halogens is 1. The molecule has 1 aromatic rings. The molecule has 1 aliphatic heterocycles. The molecule has 27 heavy (non-hydrogen) atoms. The van der Waals surface area contributed by atoms with Crippen molar-refractivity contribution in [1.82, 2.24) is 14.5 Å². The van der Waals surface area contributed by atoms with E-state index < -0.39 is 15.8 Å². The highest BCUT2D eigenvalue weighted by molar-refractivity contribution is 7.89. The van der Waals surface area contributed by atoms with E-state index in [2.05, 4.69) is 19.2 Å². The maximum atomic E-state index is 13.4. The Bertz CT molecular complexity index is 719. The molecule has 1 N–H and O–H groups in total. The normalized spacial score (nSPS) is 16.9. The average Bonchev–Trinajstić information content (AvgIpc) is 2.68. The highest BCUT2D eigenvalue weighted by Gasteiger charge is 2.29. The van der Waals surface area contributed by atoms with E-state index in [1.807, 2.05) is 4.90 Å². The van der Waals surface area contributed by atoms with Crippen LogP contribution >= 0.6 is 12.2 Å². The highest BCUT2D eigenvalue weighted by Crippen LogP contribution is 2.18. The van der Waals surface area contributed by atoms with Crippen molar-refractivity contribution in [3.05, 3.63) is 30.1 Å². The number of nitrogens with one attached hydrogen (secondary N) is 1. The summed E-state index contributed by atoms with van der Waals surface area (Å²) in [7, 11) is -3.67. The Balaban J connectivity index is 1.86. The van der Waals surface area contributed by atoms with Gasteiger partial charge in [0.15, 0.2) is 5.11 Å². The van der Waals surface area contributed by atoms with Crippen LogP contribution in [0.25, 0.3) is 0 Å². The van der Waals surface area contributed by atoms with Crippen LogP contribution < -0.4 is 5.32 Å². The van der Waals surface area contributed by atoms with Crippen LogP contribution in [-0.2, 0) is 10.0 Å². The second-order valence-electron chi connectivity index (χ2n) is 6.95. The van der Waals surface area contributed by atoms with Gasteiger partial charge in [-0.25, -0.2) is 12.8 Å². The summed E-state index contributed by atoms with van der Waals surface area (Å²) in [5.41, 5.74) is 0. The van der Waals surface area contributed by atoms with Crippen LogP contribution in [0.5, 0.6) is 0 Å².